The predicted molar refractivity (Wildman–Crippen MR) is 88.2 cm³/mol. The van der Waals surface area contributed by atoms with E-state index in [1.165, 1.54) is 12.1 Å². The van der Waals surface area contributed by atoms with Gasteiger partial charge in [0.25, 0.3) is 5.91 Å². The van der Waals surface area contributed by atoms with Crippen molar-refractivity contribution in [1.29, 1.82) is 0 Å². The Morgan fingerprint density at radius 2 is 1.96 bits per heavy atom. The second-order valence-corrected chi connectivity index (χ2v) is 5.46. The van der Waals surface area contributed by atoms with Crippen LogP contribution in [-0.2, 0) is 4.79 Å². The second kappa shape index (κ2) is 8.90. The van der Waals surface area contributed by atoms with E-state index in [2.05, 4.69) is 5.32 Å². The highest BCUT2D eigenvalue weighted by atomic mass is 19.1. The standard InChI is InChI=1S/C18H21FN2O2/c1-21(11-6-12-23-17-9-3-2-4-10-17)14-18(22)20-16-8-5-7-15(19)13-16/h2-5,7-10,13H,6,11-12,14H2,1H3,(H,20,22)/p+1. The van der Waals surface area contributed by atoms with Crippen molar-refractivity contribution in [1.82, 2.24) is 0 Å². The number of halogens is 1. The Bertz CT molecular complexity index is 619. The smallest absolute Gasteiger partial charge is 0.279 e. The number of likely N-dealkylation sites (N-methyl/N-ethyl adjacent to an activating group) is 1. The van der Waals surface area contributed by atoms with Gasteiger partial charge in [0.1, 0.15) is 11.6 Å². The van der Waals surface area contributed by atoms with Gasteiger partial charge in [-0.3, -0.25) is 4.79 Å². The van der Waals surface area contributed by atoms with E-state index in [1.54, 1.807) is 12.1 Å². The Morgan fingerprint density at radius 3 is 2.70 bits per heavy atom. The lowest BCUT2D eigenvalue weighted by Gasteiger charge is -2.14. The number of carbonyl (C=O) groups excluding carboxylic acids is 1. The first kappa shape index (κ1) is 17.0. The lowest BCUT2D eigenvalue weighted by molar-refractivity contribution is -0.871. The molecule has 1 amide bonds. The molecule has 2 N–H and O–H groups in total. The summed E-state index contributed by atoms with van der Waals surface area (Å²) in [5, 5.41) is 2.70. The number of quaternary nitrogens is 1. The average Bonchev–Trinajstić information content (AvgIpc) is 2.52. The largest absolute Gasteiger partial charge is 0.493 e. The SMILES string of the molecule is C[NH+](CCCOc1ccccc1)CC(=O)Nc1cccc(F)c1. The first-order valence-electron chi connectivity index (χ1n) is 7.68. The van der Waals surface area contributed by atoms with Crippen LogP contribution in [0.3, 0.4) is 0 Å². The Balaban J connectivity index is 1.64. The number of nitrogens with one attached hydrogen (secondary N) is 2. The van der Waals surface area contributed by atoms with Crippen LogP contribution >= 0.6 is 0 Å². The molecule has 5 heteroatoms. The van der Waals surface area contributed by atoms with E-state index in [9.17, 15) is 9.18 Å². The molecular formula is C18H22FN2O2+. The summed E-state index contributed by atoms with van der Waals surface area (Å²) >= 11 is 0. The molecule has 0 bridgehead atoms. The van der Waals surface area contributed by atoms with Crippen molar-refractivity contribution in [3.63, 3.8) is 0 Å². The molecule has 0 fully saturated rings. The van der Waals surface area contributed by atoms with Crippen LogP contribution < -0.4 is 15.0 Å². The summed E-state index contributed by atoms with van der Waals surface area (Å²) in [4.78, 5) is 13.0. The number of para-hydroxylation sites is 1. The number of ether oxygens (including phenoxy) is 1. The van der Waals surface area contributed by atoms with Gasteiger partial charge in [0.05, 0.1) is 20.2 Å². The molecule has 1 unspecified atom stereocenters. The van der Waals surface area contributed by atoms with E-state index in [1.807, 2.05) is 37.4 Å². The van der Waals surface area contributed by atoms with Crippen LogP contribution in [0.2, 0.25) is 0 Å². The Labute approximate surface area is 135 Å². The minimum atomic E-state index is -0.360. The highest BCUT2D eigenvalue weighted by Gasteiger charge is 2.10. The minimum Gasteiger partial charge on any atom is -0.493 e. The van der Waals surface area contributed by atoms with Crippen LogP contribution in [0.15, 0.2) is 54.6 Å². The van der Waals surface area contributed by atoms with E-state index in [0.29, 0.717) is 18.8 Å². The number of rotatable bonds is 8. The van der Waals surface area contributed by atoms with Crippen LogP contribution in [0.25, 0.3) is 0 Å². The van der Waals surface area contributed by atoms with E-state index < -0.39 is 0 Å². The fourth-order valence-electron chi connectivity index (χ4n) is 2.21. The first-order chi connectivity index (χ1) is 11.1. The highest BCUT2D eigenvalue weighted by Crippen LogP contribution is 2.09. The zero-order valence-corrected chi connectivity index (χ0v) is 13.2. The van der Waals surface area contributed by atoms with Crippen molar-refractivity contribution in [2.75, 3.05) is 32.1 Å². The molecule has 0 saturated heterocycles. The molecule has 0 aliphatic heterocycles. The number of carbonyl (C=O) groups is 1. The number of anilines is 1. The van der Waals surface area contributed by atoms with Crippen molar-refractivity contribution in [2.24, 2.45) is 0 Å². The molecule has 0 saturated carbocycles. The topological polar surface area (TPSA) is 42.8 Å². The molecule has 0 radical (unpaired) electrons. The van der Waals surface area contributed by atoms with Gasteiger partial charge >= 0.3 is 0 Å². The Kier molecular flexibility index (Phi) is 6.56. The van der Waals surface area contributed by atoms with Gasteiger partial charge in [-0.15, -0.1) is 0 Å². The molecule has 4 nitrogen and oxygen atoms in total. The first-order valence-corrected chi connectivity index (χ1v) is 7.68. The quantitative estimate of drug-likeness (QED) is 0.729. The normalized spacial score (nSPS) is 11.7. The third-order valence-electron chi connectivity index (χ3n) is 3.33. The monoisotopic (exact) mass is 317 g/mol. The van der Waals surface area contributed by atoms with E-state index in [4.69, 9.17) is 4.74 Å². The third-order valence-corrected chi connectivity index (χ3v) is 3.33. The van der Waals surface area contributed by atoms with Gasteiger partial charge < -0.3 is 15.0 Å². The van der Waals surface area contributed by atoms with Crippen LogP contribution in [0.4, 0.5) is 10.1 Å². The zero-order valence-electron chi connectivity index (χ0n) is 13.2. The summed E-state index contributed by atoms with van der Waals surface area (Å²) in [6, 6.07) is 15.5. The fourth-order valence-corrected chi connectivity index (χ4v) is 2.21. The molecule has 0 spiro atoms. The van der Waals surface area contributed by atoms with Gasteiger partial charge in [0.2, 0.25) is 0 Å². The number of amides is 1. The van der Waals surface area contributed by atoms with Gasteiger partial charge in [-0.25, -0.2) is 4.39 Å². The molecule has 0 heterocycles. The molecule has 0 aliphatic carbocycles. The second-order valence-electron chi connectivity index (χ2n) is 5.46. The van der Waals surface area contributed by atoms with Gasteiger partial charge in [0, 0.05) is 12.1 Å². The van der Waals surface area contributed by atoms with Crippen molar-refractivity contribution in [3.05, 3.63) is 60.4 Å². The molecule has 0 aliphatic rings. The van der Waals surface area contributed by atoms with Crippen LogP contribution in [0.1, 0.15) is 6.42 Å². The summed E-state index contributed by atoms with van der Waals surface area (Å²) < 4.78 is 18.7. The summed E-state index contributed by atoms with van der Waals surface area (Å²) in [6.45, 7) is 1.78. The molecule has 2 aromatic carbocycles. The lowest BCUT2D eigenvalue weighted by Crippen LogP contribution is -3.10. The maximum atomic E-state index is 13.1. The van der Waals surface area contributed by atoms with Crippen molar-refractivity contribution >= 4 is 11.6 Å². The van der Waals surface area contributed by atoms with Crippen molar-refractivity contribution in [2.45, 2.75) is 6.42 Å². The lowest BCUT2D eigenvalue weighted by atomic mass is 10.3. The number of hydrogen-bond donors (Lipinski definition) is 2. The summed E-state index contributed by atoms with van der Waals surface area (Å²) in [5.41, 5.74) is 0.482. The van der Waals surface area contributed by atoms with E-state index in [0.717, 1.165) is 23.6 Å². The van der Waals surface area contributed by atoms with E-state index >= 15 is 0 Å². The average molecular weight is 317 g/mol. The molecule has 2 aromatic rings. The van der Waals surface area contributed by atoms with Crippen LogP contribution in [0, 0.1) is 5.82 Å². The summed E-state index contributed by atoms with van der Waals surface area (Å²) in [7, 11) is 1.95. The molecule has 0 aromatic heterocycles. The number of benzene rings is 2. The van der Waals surface area contributed by atoms with Gasteiger partial charge in [-0.1, -0.05) is 24.3 Å². The maximum absolute atomic E-state index is 13.1. The minimum absolute atomic E-state index is 0.128. The molecule has 1 atom stereocenters. The van der Waals surface area contributed by atoms with Crippen molar-refractivity contribution in [3.8, 4) is 5.75 Å². The summed E-state index contributed by atoms with van der Waals surface area (Å²) in [5.74, 6) is 0.368. The zero-order chi connectivity index (χ0) is 16.5. The van der Waals surface area contributed by atoms with Gasteiger partial charge in [-0.05, 0) is 30.3 Å². The predicted octanol–water partition coefficient (Wildman–Crippen LogP) is 1.75. The Morgan fingerprint density at radius 1 is 1.17 bits per heavy atom. The molecule has 23 heavy (non-hydrogen) atoms. The van der Waals surface area contributed by atoms with Crippen molar-refractivity contribution < 1.29 is 18.8 Å². The molecular weight excluding hydrogens is 295 g/mol. The van der Waals surface area contributed by atoms with Crippen LogP contribution in [-0.4, -0.2) is 32.7 Å². The third kappa shape index (κ3) is 6.48. The summed E-state index contributed by atoms with van der Waals surface area (Å²) in [6.07, 6.45) is 0.855. The fraction of sp³-hybridized carbons (Fsp3) is 0.278. The molecule has 2 rings (SSSR count). The van der Waals surface area contributed by atoms with Gasteiger partial charge in [0.15, 0.2) is 6.54 Å². The maximum Gasteiger partial charge on any atom is 0.279 e. The van der Waals surface area contributed by atoms with Gasteiger partial charge in [-0.2, -0.15) is 0 Å². The number of hydrogen-bond acceptors (Lipinski definition) is 2. The van der Waals surface area contributed by atoms with E-state index in [-0.39, 0.29) is 11.7 Å². The molecule has 122 valence electrons. The Hall–Kier alpha value is -2.40. The highest BCUT2D eigenvalue weighted by molar-refractivity contribution is 5.91. The van der Waals surface area contributed by atoms with Crippen LogP contribution in [0.5, 0.6) is 5.75 Å².